The van der Waals surface area contributed by atoms with Gasteiger partial charge in [0, 0.05) is 48.3 Å². The predicted molar refractivity (Wildman–Crippen MR) is 234 cm³/mol. The first kappa shape index (κ1) is 32.0. The highest BCUT2D eigenvalue weighted by molar-refractivity contribution is 7.99. The SMILES string of the molecule is c1ccc(-c2nc(-c3ccc4c(c3)c3c5cccc6c5n(c3n4-c3ccccc3)-c3ccccc3S6)nc(-c3ccc(-c4ccccc4)c4ccccc34)n2)cc1. The molecule has 0 N–H and O–H groups in total. The maximum atomic E-state index is 5.30. The van der Waals surface area contributed by atoms with E-state index in [1.165, 1.54) is 42.9 Å². The molecule has 12 rings (SSSR count). The second-order valence-corrected chi connectivity index (χ2v) is 15.5. The topological polar surface area (TPSA) is 48.5 Å². The normalized spacial score (nSPS) is 12.1. The molecule has 266 valence electrons. The molecular formula is C51H31N5S. The second-order valence-electron chi connectivity index (χ2n) is 14.4. The number of nitrogens with zero attached hydrogens (tertiary/aromatic N) is 5. The zero-order chi connectivity index (χ0) is 37.5. The van der Waals surface area contributed by atoms with Crippen LogP contribution in [0.3, 0.4) is 0 Å². The summed E-state index contributed by atoms with van der Waals surface area (Å²) in [6.45, 7) is 0. The van der Waals surface area contributed by atoms with E-state index in [4.69, 9.17) is 15.0 Å². The van der Waals surface area contributed by atoms with E-state index >= 15 is 0 Å². The summed E-state index contributed by atoms with van der Waals surface area (Å²) in [5.74, 6) is 1.91. The van der Waals surface area contributed by atoms with Gasteiger partial charge in [0.05, 0.1) is 16.7 Å². The maximum absolute atomic E-state index is 5.30. The molecule has 0 unspecified atom stereocenters. The fourth-order valence-electron chi connectivity index (χ4n) is 8.66. The lowest BCUT2D eigenvalue weighted by Gasteiger charge is -2.21. The van der Waals surface area contributed by atoms with E-state index in [1.807, 2.05) is 30.0 Å². The van der Waals surface area contributed by atoms with Crippen LogP contribution in [0.15, 0.2) is 198 Å². The van der Waals surface area contributed by atoms with E-state index in [-0.39, 0.29) is 0 Å². The van der Waals surface area contributed by atoms with E-state index in [1.54, 1.807) is 0 Å². The number of benzene rings is 8. The first-order valence-electron chi connectivity index (χ1n) is 19.1. The van der Waals surface area contributed by atoms with Crippen LogP contribution in [0.5, 0.6) is 0 Å². The highest BCUT2D eigenvalue weighted by Gasteiger charge is 2.28. The predicted octanol–water partition coefficient (Wildman–Crippen LogP) is 13.2. The Hall–Kier alpha value is -7.28. The Morgan fingerprint density at radius 3 is 1.77 bits per heavy atom. The molecule has 0 saturated carbocycles. The molecule has 0 spiro atoms. The van der Waals surface area contributed by atoms with Gasteiger partial charge in [-0.05, 0) is 76.5 Å². The van der Waals surface area contributed by atoms with Crippen LogP contribution in [-0.4, -0.2) is 24.1 Å². The fourth-order valence-corrected chi connectivity index (χ4v) is 9.75. The van der Waals surface area contributed by atoms with Crippen molar-refractivity contribution < 1.29 is 0 Å². The Kier molecular flexibility index (Phi) is 7.09. The molecule has 0 aliphatic carbocycles. The van der Waals surface area contributed by atoms with Gasteiger partial charge in [-0.25, -0.2) is 15.0 Å². The molecule has 1 aliphatic heterocycles. The first-order valence-corrected chi connectivity index (χ1v) is 19.9. The van der Waals surface area contributed by atoms with Crippen LogP contribution in [0.25, 0.3) is 100 Å². The van der Waals surface area contributed by atoms with E-state index in [0.29, 0.717) is 17.5 Å². The standard InChI is InChI=1S/C51H31N5S/c1-4-15-32(16-5-1)36-28-29-39(38-22-11-10-21-37(36)38)50-53-48(33-17-6-2-7-18-33)52-49(54-50)34-27-30-42-41(31-34)46-40-23-14-26-45-47(40)56(43-24-12-13-25-44(43)57-45)51(46)55(42)35-19-8-3-9-20-35/h1-31H. The van der Waals surface area contributed by atoms with E-state index in [9.17, 15) is 0 Å². The molecule has 11 aromatic rings. The van der Waals surface area contributed by atoms with Gasteiger partial charge in [-0.1, -0.05) is 145 Å². The molecule has 57 heavy (non-hydrogen) atoms. The lowest BCUT2D eigenvalue weighted by atomic mass is 9.94. The molecule has 4 heterocycles. The molecule has 8 aromatic carbocycles. The van der Waals surface area contributed by atoms with E-state index in [2.05, 4.69) is 179 Å². The minimum atomic E-state index is 0.632. The fraction of sp³-hybridized carbons (Fsp3) is 0. The van der Waals surface area contributed by atoms with Crippen LogP contribution in [0.1, 0.15) is 0 Å². The van der Waals surface area contributed by atoms with Crippen molar-refractivity contribution in [3.8, 4) is 56.7 Å². The van der Waals surface area contributed by atoms with Crippen LogP contribution >= 0.6 is 11.8 Å². The van der Waals surface area contributed by atoms with Gasteiger partial charge in [-0.15, -0.1) is 0 Å². The van der Waals surface area contributed by atoms with Crippen molar-refractivity contribution in [2.75, 3.05) is 0 Å². The number of rotatable bonds is 5. The number of hydrogen-bond acceptors (Lipinski definition) is 4. The summed E-state index contributed by atoms with van der Waals surface area (Å²) in [7, 11) is 0. The van der Waals surface area contributed by atoms with Gasteiger partial charge in [0.15, 0.2) is 17.5 Å². The molecule has 0 radical (unpaired) electrons. The first-order chi connectivity index (χ1) is 28.3. The van der Waals surface area contributed by atoms with Crippen molar-refractivity contribution >= 4 is 55.4 Å². The van der Waals surface area contributed by atoms with Crippen molar-refractivity contribution in [2.45, 2.75) is 9.79 Å². The Bertz CT molecular complexity index is 3370. The lowest BCUT2D eigenvalue weighted by molar-refractivity contribution is 1.03. The molecule has 5 nitrogen and oxygen atoms in total. The molecule has 0 atom stereocenters. The van der Waals surface area contributed by atoms with Gasteiger partial charge in [0.2, 0.25) is 0 Å². The second kappa shape index (κ2) is 12.6. The molecule has 6 heteroatoms. The summed E-state index contributed by atoms with van der Waals surface area (Å²) in [5.41, 5.74) is 11.0. The number of hydrogen-bond donors (Lipinski definition) is 0. The Labute approximate surface area is 332 Å². The van der Waals surface area contributed by atoms with Gasteiger partial charge in [0.1, 0.15) is 5.65 Å². The summed E-state index contributed by atoms with van der Waals surface area (Å²) in [4.78, 5) is 18.2. The van der Waals surface area contributed by atoms with Crippen molar-refractivity contribution in [3.63, 3.8) is 0 Å². The zero-order valence-corrected chi connectivity index (χ0v) is 31.4. The Morgan fingerprint density at radius 1 is 0.386 bits per heavy atom. The monoisotopic (exact) mass is 745 g/mol. The van der Waals surface area contributed by atoms with Crippen LogP contribution in [0.2, 0.25) is 0 Å². The van der Waals surface area contributed by atoms with E-state index < -0.39 is 0 Å². The average molecular weight is 746 g/mol. The highest BCUT2D eigenvalue weighted by Crippen LogP contribution is 2.49. The number of para-hydroxylation sites is 3. The lowest BCUT2D eigenvalue weighted by Crippen LogP contribution is -2.05. The molecule has 1 aliphatic rings. The summed E-state index contributed by atoms with van der Waals surface area (Å²) >= 11 is 1.84. The molecule has 0 saturated heterocycles. The highest BCUT2D eigenvalue weighted by atomic mass is 32.2. The molecular weight excluding hydrogens is 715 g/mol. The number of aromatic nitrogens is 5. The molecule has 0 bridgehead atoms. The van der Waals surface area contributed by atoms with Crippen molar-refractivity contribution in [3.05, 3.63) is 188 Å². The van der Waals surface area contributed by atoms with Gasteiger partial charge in [-0.3, -0.25) is 9.13 Å². The summed E-state index contributed by atoms with van der Waals surface area (Å²) in [6.07, 6.45) is 0. The van der Waals surface area contributed by atoms with Crippen LogP contribution in [0, 0.1) is 0 Å². The van der Waals surface area contributed by atoms with Crippen LogP contribution < -0.4 is 0 Å². The van der Waals surface area contributed by atoms with E-state index in [0.717, 1.165) is 49.7 Å². The van der Waals surface area contributed by atoms with Gasteiger partial charge in [0.25, 0.3) is 0 Å². The van der Waals surface area contributed by atoms with Crippen molar-refractivity contribution in [2.24, 2.45) is 0 Å². The number of fused-ring (bicyclic) bond motifs is 8. The third-order valence-electron chi connectivity index (χ3n) is 11.2. The average Bonchev–Trinajstić information content (AvgIpc) is 3.80. The maximum Gasteiger partial charge on any atom is 0.164 e. The van der Waals surface area contributed by atoms with Gasteiger partial charge in [-0.2, -0.15) is 0 Å². The molecule has 0 fully saturated rings. The third-order valence-corrected chi connectivity index (χ3v) is 12.3. The minimum Gasteiger partial charge on any atom is -0.295 e. The van der Waals surface area contributed by atoms with Crippen LogP contribution in [-0.2, 0) is 0 Å². The quantitative estimate of drug-likeness (QED) is 0.176. The summed E-state index contributed by atoms with van der Waals surface area (Å²) in [5, 5.41) is 5.85. The Morgan fingerprint density at radius 2 is 0.982 bits per heavy atom. The molecule has 3 aromatic heterocycles. The zero-order valence-electron chi connectivity index (χ0n) is 30.5. The van der Waals surface area contributed by atoms with Gasteiger partial charge >= 0.3 is 0 Å². The smallest absolute Gasteiger partial charge is 0.164 e. The largest absolute Gasteiger partial charge is 0.295 e. The summed E-state index contributed by atoms with van der Waals surface area (Å²) in [6, 6.07) is 66.5. The summed E-state index contributed by atoms with van der Waals surface area (Å²) < 4.78 is 4.89. The Balaban J connectivity index is 1.13. The third kappa shape index (κ3) is 4.94. The molecule has 0 amide bonds. The van der Waals surface area contributed by atoms with Crippen LogP contribution in [0.4, 0.5) is 0 Å². The van der Waals surface area contributed by atoms with Gasteiger partial charge < -0.3 is 0 Å². The minimum absolute atomic E-state index is 0.632. The van der Waals surface area contributed by atoms with Crippen molar-refractivity contribution in [1.82, 2.24) is 24.1 Å². The van der Waals surface area contributed by atoms with Crippen molar-refractivity contribution in [1.29, 1.82) is 0 Å².